The molecule has 0 saturated heterocycles. The maximum absolute atomic E-state index is 12.2. The van der Waals surface area contributed by atoms with Gasteiger partial charge in [0, 0.05) is 12.7 Å². The smallest absolute Gasteiger partial charge is 0.246 e. The van der Waals surface area contributed by atoms with E-state index in [9.17, 15) is 9.59 Å². The molecular formula is C18H29N3O2. The van der Waals surface area contributed by atoms with Crippen LogP contribution in [-0.2, 0) is 15.0 Å². The fourth-order valence-electron chi connectivity index (χ4n) is 2.03. The summed E-state index contributed by atoms with van der Waals surface area (Å²) in [5.74, 6) is -0.449. The molecule has 1 rings (SSSR count). The Bertz CT molecular complexity index is 544. The number of likely N-dealkylation sites (N-methyl/N-ethyl adjacent to an activating group) is 1. The second-order valence-electron chi connectivity index (χ2n) is 7.24. The van der Waals surface area contributed by atoms with E-state index >= 15 is 0 Å². The highest BCUT2D eigenvalue weighted by Gasteiger charge is 2.19. The minimum absolute atomic E-state index is 0.0350. The van der Waals surface area contributed by atoms with Crippen LogP contribution in [0.3, 0.4) is 0 Å². The van der Waals surface area contributed by atoms with Crippen molar-refractivity contribution < 1.29 is 9.59 Å². The van der Waals surface area contributed by atoms with E-state index in [0.717, 1.165) is 5.69 Å². The number of hydrogen-bond acceptors (Lipinski definition) is 3. The van der Waals surface area contributed by atoms with Crippen molar-refractivity contribution in [2.45, 2.75) is 46.1 Å². The minimum Gasteiger partial charge on any atom is -0.346 e. The van der Waals surface area contributed by atoms with Crippen LogP contribution in [0.5, 0.6) is 0 Å². The summed E-state index contributed by atoms with van der Waals surface area (Å²) in [6.07, 6.45) is 0. The lowest BCUT2D eigenvalue weighted by Crippen LogP contribution is -2.47. The average Bonchev–Trinajstić information content (AvgIpc) is 2.49. The number of rotatable bonds is 5. The maximum Gasteiger partial charge on any atom is 0.246 e. The Balaban J connectivity index is 2.65. The van der Waals surface area contributed by atoms with E-state index in [0.29, 0.717) is 0 Å². The predicted molar refractivity (Wildman–Crippen MR) is 94.4 cm³/mol. The molecule has 1 aromatic carbocycles. The molecule has 2 amide bonds. The molecule has 0 radical (unpaired) electrons. The molecule has 0 saturated carbocycles. The molecule has 0 bridgehead atoms. The molecule has 0 spiro atoms. The molecule has 0 fully saturated rings. The molecule has 0 heterocycles. The standard InChI is InChI=1S/C18H29N3O2/c1-12(2)16(19)17(23)20-11-15(22)21(6)14-9-7-13(8-10-14)18(3,4)5/h7-10,12,16H,11,19H2,1-6H3,(H,20,23)/t16-/m0/s1. The summed E-state index contributed by atoms with van der Waals surface area (Å²) in [4.78, 5) is 25.5. The van der Waals surface area contributed by atoms with Gasteiger partial charge in [-0.2, -0.15) is 0 Å². The van der Waals surface area contributed by atoms with Crippen molar-refractivity contribution in [1.82, 2.24) is 5.32 Å². The zero-order valence-electron chi connectivity index (χ0n) is 15.0. The second-order valence-corrected chi connectivity index (χ2v) is 7.24. The molecule has 0 aliphatic carbocycles. The highest BCUT2D eigenvalue weighted by Crippen LogP contribution is 2.24. The first-order chi connectivity index (χ1) is 10.5. The molecule has 0 aromatic heterocycles. The number of hydrogen-bond donors (Lipinski definition) is 2. The van der Waals surface area contributed by atoms with Gasteiger partial charge < -0.3 is 16.0 Å². The molecule has 5 heteroatoms. The third-order valence-electron chi connectivity index (χ3n) is 3.93. The van der Waals surface area contributed by atoms with E-state index in [1.54, 1.807) is 7.05 Å². The van der Waals surface area contributed by atoms with Crippen LogP contribution in [0.2, 0.25) is 0 Å². The fourth-order valence-corrected chi connectivity index (χ4v) is 2.03. The summed E-state index contributed by atoms with van der Waals surface area (Å²) in [6, 6.07) is 7.28. The minimum atomic E-state index is -0.598. The summed E-state index contributed by atoms with van der Waals surface area (Å²) < 4.78 is 0. The molecule has 1 atom stereocenters. The molecular weight excluding hydrogens is 290 g/mol. The van der Waals surface area contributed by atoms with Gasteiger partial charge in [-0.05, 0) is 29.0 Å². The van der Waals surface area contributed by atoms with E-state index in [1.807, 2.05) is 38.1 Å². The van der Waals surface area contributed by atoms with Crippen LogP contribution >= 0.6 is 0 Å². The Morgan fingerprint density at radius 3 is 2.13 bits per heavy atom. The van der Waals surface area contributed by atoms with Gasteiger partial charge in [0.25, 0.3) is 0 Å². The topological polar surface area (TPSA) is 75.4 Å². The lowest BCUT2D eigenvalue weighted by Gasteiger charge is -2.22. The molecule has 1 aromatic rings. The first-order valence-corrected chi connectivity index (χ1v) is 7.94. The normalized spacial score (nSPS) is 12.9. The van der Waals surface area contributed by atoms with Crippen molar-refractivity contribution in [1.29, 1.82) is 0 Å². The van der Waals surface area contributed by atoms with Crippen LogP contribution < -0.4 is 16.0 Å². The highest BCUT2D eigenvalue weighted by atomic mass is 16.2. The van der Waals surface area contributed by atoms with Crippen LogP contribution in [-0.4, -0.2) is 31.4 Å². The van der Waals surface area contributed by atoms with E-state index < -0.39 is 6.04 Å². The van der Waals surface area contributed by atoms with Gasteiger partial charge in [-0.25, -0.2) is 0 Å². The Kier molecular flexibility index (Phi) is 6.33. The third-order valence-corrected chi connectivity index (χ3v) is 3.93. The first-order valence-electron chi connectivity index (χ1n) is 7.94. The zero-order valence-corrected chi connectivity index (χ0v) is 15.0. The van der Waals surface area contributed by atoms with Gasteiger partial charge in [0.05, 0.1) is 12.6 Å². The van der Waals surface area contributed by atoms with Crippen LogP contribution in [0.1, 0.15) is 40.2 Å². The van der Waals surface area contributed by atoms with Crippen LogP contribution in [0.4, 0.5) is 5.69 Å². The maximum atomic E-state index is 12.2. The summed E-state index contributed by atoms with van der Waals surface area (Å²) in [6.45, 7) is 10.1. The average molecular weight is 319 g/mol. The van der Waals surface area contributed by atoms with Crippen LogP contribution in [0, 0.1) is 5.92 Å². The van der Waals surface area contributed by atoms with Crippen LogP contribution in [0.25, 0.3) is 0 Å². The van der Waals surface area contributed by atoms with E-state index in [2.05, 4.69) is 26.1 Å². The zero-order chi connectivity index (χ0) is 17.8. The van der Waals surface area contributed by atoms with Crippen molar-refractivity contribution in [2.24, 2.45) is 11.7 Å². The predicted octanol–water partition coefficient (Wildman–Crippen LogP) is 2.05. The summed E-state index contributed by atoms with van der Waals surface area (Å²) in [5, 5.41) is 2.59. The molecule has 0 unspecified atom stereocenters. The largest absolute Gasteiger partial charge is 0.346 e. The number of anilines is 1. The van der Waals surface area contributed by atoms with Crippen molar-refractivity contribution in [3.05, 3.63) is 29.8 Å². The molecule has 0 aliphatic rings. The van der Waals surface area contributed by atoms with Crippen molar-refractivity contribution in [2.75, 3.05) is 18.5 Å². The van der Waals surface area contributed by atoms with Crippen molar-refractivity contribution >= 4 is 17.5 Å². The Morgan fingerprint density at radius 1 is 1.17 bits per heavy atom. The lowest BCUT2D eigenvalue weighted by atomic mass is 9.87. The molecule has 128 valence electrons. The third kappa shape index (κ3) is 5.36. The van der Waals surface area contributed by atoms with Gasteiger partial charge in [-0.15, -0.1) is 0 Å². The number of nitrogens with zero attached hydrogens (tertiary/aromatic N) is 1. The van der Waals surface area contributed by atoms with Gasteiger partial charge in [-0.3, -0.25) is 9.59 Å². The summed E-state index contributed by atoms with van der Waals surface area (Å²) >= 11 is 0. The van der Waals surface area contributed by atoms with Crippen LogP contribution in [0.15, 0.2) is 24.3 Å². The molecule has 5 nitrogen and oxygen atoms in total. The van der Waals surface area contributed by atoms with E-state index in [4.69, 9.17) is 5.73 Å². The number of benzene rings is 1. The quantitative estimate of drug-likeness (QED) is 0.872. The number of carbonyl (C=O) groups excluding carboxylic acids is 2. The number of amides is 2. The molecule has 3 N–H and O–H groups in total. The summed E-state index contributed by atoms with van der Waals surface area (Å²) in [7, 11) is 1.70. The number of carbonyl (C=O) groups is 2. The lowest BCUT2D eigenvalue weighted by molar-refractivity contribution is -0.126. The molecule has 0 aliphatic heterocycles. The number of nitrogens with one attached hydrogen (secondary N) is 1. The number of nitrogens with two attached hydrogens (primary N) is 1. The van der Waals surface area contributed by atoms with Gasteiger partial charge >= 0.3 is 0 Å². The molecule has 23 heavy (non-hydrogen) atoms. The summed E-state index contributed by atoms with van der Waals surface area (Å²) in [5.41, 5.74) is 7.83. The highest BCUT2D eigenvalue weighted by molar-refractivity contribution is 5.96. The van der Waals surface area contributed by atoms with Gasteiger partial charge in [0.1, 0.15) is 0 Å². The second kappa shape index (κ2) is 7.59. The Labute approximate surface area is 139 Å². The monoisotopic (exact) mass is 319 g/mol. The Morgan fingerprint density at radius 2 is 1.70 bits per heavy atom. The SMILES string of the molecule is CC(C)[C@H](N)C(=O)NCC(=O)N(C)c1ccc(C(C)(C)C)cc1. The van der Waals surface area contributed by atoms with E-state index in [-0.39, 0.29) is 29.7 Å². The van der Waals surface area contributed by atoms with Gasteiger partial charge in [0.2, 0.25) is 11.8 Å². The Hall–Kier alpha value is -1.88. The first kappa shape index (κ1) is 19.2. The van der Waals surface area contributed by atoms with Gasteiger partial charge in [0.15, 0.2) is 0 Å². The van der Waals surface area contributed by atoms with Gasteiger partial charge in [-0.1, -0.05) is 46.8 Å². The van der Waals surface area contributed by atoms with Crippen molar-refractivity contribution in [3.63, 3.8) is 0 Å². The van der Waals surface area contributed by atoms with Crippen molar-refractivity contribution in [3.8, 4) is 0 Å². The fraction of sp³-hybridized carbons (Fsp3) is 0.556. The van der Waals surface area contributed by atoms with E-state index in [1.165, 1.54) is 10.5 Å².